The van der Waals surface area contributed by atoms with Crippen LogP contribution in [0.5, 0.6) is 0 Å². The zero-order valence-corrected chi connectivity index (χ0v) is 9.48. The van der Waals surface area contributed by atoms with Gasteiger partial charge in [-0.25, -0.2) is 0 Å². The first-order valence-electron chi connectivity index (χ1n) is 5.74. The molecule has 0 amide bonds. The summed E-state index contributed by atoms with van der Waals surface area (Å²) in [6.45, 7) is 1.47. The smallest absolute Gasteiger partial charge is 0.302 e. The largest absolute Gasteiger partial charge is 0.460 e. The summed E-state index contributed by atoms with van der Waals surface area (Å²) in [7, 11) is 0. The molecule has 0 aromatic heterocycles. The second-order valence-electron chi connectivity index (χ2n) is 4.20. The Morgan fingerprint density at radius 2 is 2.06 bits per heavy atom. The lowest BCUT2D eigenvalue weighted by Gasteiger charge is -2.21. The van der Waals surface area contributed by atoms with Crippen LogP contribution in [0, 0.1) is 0 Å². The fourth-order valence-electron chi connectivity index (χ4n) is 2.19. The number of benzene rings is 1. The molecule has 1 saturated carbocycles. The van der Waals surface area contributed by atoms with Crippen molar-refractivity contribution in [2.45, 2.75) is 38.3 Å². The molecule has 86 valence electrons. The van der Waals surface area contributed by atoms with Crippen molar-refractivity contribution in [2.24, 2.45) is 0 Å². The topological polar surface area (TPSA) is 38.3 Å². The summed E-state index contributed by atoms with van der Waals surface area (Å²) in [6, 6.07) is 10.3. The molecule has 3 nitrogen and oxygen atoms in total. The molecule has 2 atom stereocenters. The number of carbonyl (C=O) groups is 1. The van der Waals surface area contributed by atoms with Gasteiger partial charge in [-0.2, -0.15) is 0 Å². The lowest BCUT2D eigenvalue weighted by molar-refractivity contribution is -0.146. The standard InChI is InChI=1S/C13H17NO2/c1-10(15)16-13-9-5-8-12(13)14-11-6-3-2-4-7-11/h2-4,6-7,12-14H,5,8-9H2,1H3/t12-,13-/m0/s1. The van der Waals surface area contributed by atoms with E-state index >= 15 is 0 Å². The summed E-state index contributed by atoms with van der Waals surface area (Å²) in [5, 5.41) is 3.42. The molecule has 1 N–H and O–H groups in total. The molecule has 16 heavy (non-hydrogen) atoms. The summed E-state index contributed by atoms with van der Waals surface area (Å²) in [4.78, 5) is 10.9. The van der Waals surface area contributed by atoms with Gasteiger partial charge in [0.1, 0.15) is 6.10 Å². The third kappa shape index (κ3) is 2.75. The summed E-state index contributed by atoms with van der Waals surface area (Å²) < 4.78 is 5.29. The van der Waals surface area contributed by atoms with Crippen LogP contribution in [0.3, 0.4) is 0 Å². The van der Waals surface area contributed by atoms with Crippen molar-refractivity contribution in [1.29, 1.82) is 0 Å². The number of rotatable bonds is 3. The maximum atomic E-state index is 10.9. The third-order valence-electron chi connectivity index (χ3n) is 2.90. The van der Waals surface area contributed by atoms with Gasteiger partial charge in [0.25, 0.3) is 0 Å². The van der Waals surface area contributed by atoms with Crippen LogP contribution >= 0.6 is 0 Å². The zero-order valence-electron chi connectivity index (χ0n) is 9.48. The molecule has 1 aliphatic carbocycles. The van der Waals surface area contributed by atoms with E-state index < -0.39 is 0 Å². The number of hydrogen-bond donors (Lipinski definition) is 1. The van der Waals surface area contributed by atoms with Crippen LogP contribution < -0.4 is 5.32 Å². The van der Waals surface area contributed by atoms with E-state index in [1.54, 1.807) is 0 Å². The maximum Gasteiger partial charge on any atom is 0.302 e. The van der Waals surface area contributed by atoms with Gasteiger partial charge in [-0.1, -0.05) is 18.2 Å². The minimum atomic E-state index is -0.188. The molecule has 1 aromatic rings. The van der Waals surface area contributed by atoms with Gasteiger partial charge < -0.3 is 10.1 Å². The molecule has 3 heteroatoms. The molecule has 0 unspecified atom stereocenters. The van der Waals surface area contributed by atoms with E-state index in [1.807, 2.05) is 30.3 Å². The molecular weight excluding hydrogens is 202 g/mol. The van der Waals surface area contributed by atoms with Crippen LogP contribution in [0.4, 0.5) is 5.69 Å². The highest BCUT2D eigenvalue weighted by Crippen LogP contribution is 2.25. The Morgan fingerprint density at radius 3 is 2.75 bits per heavy atom. The monoisotopic (exact) mass is 219 g/mol. The summed E-state index contributed by atoms with van der Waals surface area (Å²) in [6.07, 6.45) is 3.16. The lowest BCUT2D eigenvalue weighted by Crippen LogP contribution is -2.31. The van der Waals surface area contributed by atoms with Crippen molar-refractivity contribution in [3.05, 3.63) is 30.3 Å². The average Bonchev–Trinajstić information content (AvgIpc) is 2.66. The second kappa shape index (κ2) is 5.01. The molecule has 0 bridgehead atoms. The Morgan fingerprint density at radius 1 is 1.31 bits per heavy atom. The number of anilines is 1. The van der Waals surface area contributed by atoms with E-state index in [4.69, 9.17) is 4.74 Å². The first-order valence-corrected chi connectivity index (χ1v) is 5.74. The van der Waals surface area contributed by atoms with Crippen LogP contribution in [0.15, 0.2) is 30.3 Å². The SMILES string of the molecule is CC(=O)O[C@H]1CCC[C@@H]1Nc1ccccc1. The predicted octanol–water partition coefficient (Wildman–Crippen LogP) is 2.58. The number of hydrogen-bond acceptors (Lipinski definition) is 3. The normalized spacial score (nSPS) is 24.1. The van der Waals surface area contributed by atoms with Crippen LogP contribution in [-0.2, 0) is 9.53 Å². The minimum absolute atomic E-state index is 0.0257. The Hall–Kier alpha value is -1.51. The molecule has 0 saturated heterocycles. The maximum absolute atomic E-state index is 10.9. The first-order chi connectivity index (χ1) is 7.75. The first kappa shape index (κ1) is 11.0. The molecule has 0 radical (unpaired) electrons. The molecule has 1 fully saturated rings. The fraction of sp³-hybridized carbons (Fsp3) is 0.462. The van der Waals surface area contributed by atoms with Gasteiger partial charge in [-0.05, 0) is 31.4 Å². The van der Waals surface area contributed by atoms with Gasteiger partial charge in [0, 0.05) is 12.6 Å². The van der Waals surface area contributed by atoms with Gasteiger partial charge >= 0.3 is 5.97 Å². The second-order valence-corrected chi connectivity index (χ2v) is 4.20. The molecular formula is C13H17NO2. The van der Waals surface area contributed by atoms with Gasteiger partial charge in [0.15, 0.2) is 0 Å². The van der Waals surface area contributed by atoms with Crippen LogP contribution in [0.25, 0.3) is 0 Å². The Kier molecular flexibility index (Phi) is 3.44. The van der Waals surface area contributed by atoms with Gasteiger partial charge in [-0.3, -0.25) is 4.79 Å². The van der Waals surface area contributed by atoms with Gasteiger partial charge in [0.05, 0.1) is 6.04 Å². The van der Waals surface area contributed by atoms with E-state index in [0.29, 0.717) is 0 Å². The highest BCUT2D eigenvalue weighted by molar-refractivity contribution is 5.66. The van der Waals surface area contributed by atoms with Crippen molar-refractivity contribution < 1.29 is 9.53 Å². The number of nitrogens with one attached hydrogen (secondary N) is 1. The van der Waals surface area contributed by atoms with Crippen LogP contribution in [0.1, 0.15) is 26.2 Å². The molecule has 1 aromatic carbocycles. The van der Waals surface area contributed by atoms with Gasteiger partial charge in [-0.15, -0.1) is 0 Å². The van der Waals surface area contributed by atoms with Crippen LogP contribution in [0.2, 0.25) is 0 Å². The summed E-state index contributed by atoms with van der Waals surface area (Å²) >= 11 is 0. The highest BCUT2D eigenvalue weighted by atomic mass is 16.5. The number of para-hydroxylation sites is 1. The van der Waals surface area contributed by atoms with E-state index in [1.165, 1.54) is 6.92 Å². The van der Waals surface area contributed by atoms with E-state index in [-0.39, 0.29) is 18.1 Å². The van der Waals surface area contributed by atoms with Crippen molar-refractivity contribution in [3.8, 4) is 0 Å². The van der Waals surface area contributed by atoms with Crippen molar-refractivity contribution in [1.82, 2.24) is 0 Å². The number of esters is 1. The Balaban J connectivity index is 1.96. The quantitative estimate of drug-likeness (QED) is 0.794. The Labute approximate surface area is 95.8 Å². The van der Waals surface area contributed by atoms with E-state index in [0.717, 1.165) is 24.9 Å². The van der Waals surface area contributed by atoms with Crippen molar-refractivity contribution >= 4 is 11.7 Å². The zero-order chi connectivity index (χ0) is 11.4. The van der Waals surface area contributed by atoms with E-state index in [2.05, 4.69) is 5.32 Å². The minimum Gasteiger partial charge on any atom is -0.460 e. The summed E-state index contributed by atoms with van der Waals surface area (Å²) in [5.74, 6) is -0.188. The number of carbonyl (C=O) groups excluding carboxylic acids is 1. The summed E-state index contributed by atoms with van der Waals surface area (Å²) in [5.41, 5.74) is 1.09. The lowest BCUT2D eigenvalue weighted by atomic mass is 10.2. The molecule has 0 heterocycles. The predicted molar refractivity (Wildman–Crippen MR) is 63.3 cm³/mol. The molecule has 1 aliphatic rings. The highest BCUT2D eigenvalue weighted by Gasteiger charge is 2.29. The van der Waals surface area contributed by atoms with E-state index in [9.17, 15) is 4.79 Å². The average molecular weight is 219 g/mol. The number of ether oxygens (including phenoxy) is 1. The third-order valence-corrected chi connectivity index (χ3v) is 2.90. The van der Waals surface area contributed by atoms with Gasteiger partial charge in [0.2, 0.25) is 0 Å². The van der Waals surface area contributed by atoms with Crippen molar-refractivity contribution in [3.63, 3.8) is 0 Å². The Bertz CT molecular complexity index is 350. The fourth-order valence-corrected chi connectivity index (χ4v) is 2.19. The molecule has 0 aliphatic heterocycles. The van der Waals surface area contributed by atoms with Crippen molar-refractivity contribution in [2.75, 3.05) is 5.32 Å². The van der Waals surface area contributed by atoms with Crippen LogP contribution in [-0.4, -0.2) is 18.1 Å². The molecule has 2 rings (SSSR count). The molecule has 0 spiro atoms.